The minimum absolute atomic E-state index is 0.112. The van der Waals surface area contributed by atoms with Crippen molar-refractivity contribution in [2.45, 2.75) is 6.54 Å². The first-order valence-corrected chi connectivity index (χ1v) is 10.3. The zero-order valence-electron chi connectivity index (χ0n) is 15.6. The number of fused-ring (bicyclic) bond motifs is 1. The van der Waals surface area contributed by atoms with Crippen molar-refractivity contribution < 1.29 is 9.36 Å². The second kappa shape index (κ2) is 7.45. The van der Waals surface area contributed by atoms with Crippen molar-refractivity contribution in [1.82, 2.24) is 10.2 Å². The van der Waals surface area contributed by atoms with Crippen molar-refractivity contribution in [2.24, 2.45) is 0 Å². The second-order valence-electron chi connectivity index (χ2n) is 6.86. The van der Waals surface area contributed by atoms with E-state index < -0.39 is 0 Å². The van der Waals surface area contributed by atoms with E-state index in [2.05, 4.69) is 46.6 Å². The summed E-state index contributed by atoms with van der Waals surface area (Å²) in [5, 5.41) is 12.0. The van der Waals surface area contributed by atoms with Gasteiger partial charge in [0.15, 0.2) is 12.4 Å². The molecule has 0 saturated carbocycles. The smallest absolute Gasteiger partial charge is 0.237 e. The molecule has 4 nitrogen and oxygen atoms in total. The fourth-order valence-electron chi connectivity index (χ4n) is 3.52. The molecule has 0 unspecified atom stereocenters. The summed E-state index contributed by atoms with van der Waals surface area (Å²) in [6, 6.07) is 24.4. The molecule has 0 aliphatic carbocycles. The largest absolute Gasteiger partial charge is 0.286 e. The highest BCUT2D eigenvalue weighted by atomic mass is 32.1. The normalized spacial score (nSPS) is 11.0. The number of hydrogen-bond donors (Lipinski definition) is 1. The summed E-state index contributed by atoms with van der Waals surface area (Å²) in [6.45, 7) is 0.314. The average Bonchev–Trinajstić information content (AvgIpc) is 3.46. The van der Waals surface area contributed by atoms with Crippen molar-refractivity contribution in [3.05, 3.63) is 95.4 Å². The standard InChI is InChI=1S/C24H18N3OS/c28-23(24-11-5-13-29-24)16-27-12-4-8-18(15-27)21-14-22(26-25-21)20-10-3-7-17-6-1-2-9-19(17)20/h1-15H,16H2,(H,25,26)/q+1. The topological polar surface area (TPSA) is 49.6 Å². The van der Waals surface area contributed by atoms with E-state index in [-0.39, 0.29) is 5.78 Å². The minimum atomic E-state index is 0.112. The van der Waals surface area contributed by atoms with E-state index in [1.807, 2.05) is 58.7 Å². The molecule has 1 N–H and O–H groups in total. The molecule has 5 aromatic rings. The molecule has 140 valence electrons. The Morgan fingerprint density at radius 2 is 1.90 bits per heavy atom. The lowest BCUT2D eigenvalue weighted by molar-refractivity contribution is -0.682. The van der Waals surface area contributed by atoms with Crippen LogP contribution < -0.4 is 4.57 Å². The van der Waals surface area contributed by atoms with E-state index in [9.17, 15) is 4.79 Å². The van der Waals surface area contributed by atoms with E-state index in [4.69, 9.17) is 0 Å². The van der Waals surface area contributed by atoms with Gasteiger partial charge in [0.25, 0.3) is 0 Å². The van der Waals surface area contributed by atoms with Crippen LogP contribution in [-0.4, -0.2) is 16.0 Å². The number of thiophene rings is 1. The van der Waals surface area contributed by atoms with Gasteiger partial charge in [0, 0.05) is 11.6 Å². The number of carbonyl (C=O) groups excluding carboxylic acids is 1. The molecule has 0 aliphatic rings. The lowest BCUT2D eigenvalue weighted by atomic mass is 10.0. The van der Waals surface area contributed by atoms with Crippen molar-refractivity contribution in [3.8, 4) is 22.5 Å². The van der Waals surface area contributed by atoms with E-state index in [0.717, 1.165) is 27.4 Å². The van der Waals surface area contributed by atoms with E-state index >= 15 is 0 Å². The molecule has 0 bridgehead atoms. The highest BCUT2D eigenvalue weighted by Crippen LogP contribution is 2.29. The Hall–Kier alpha value is -3.57. The molecule has 0 saturated heterocycles. The summed E-state index contributed by atoms with van der Waals surface area (Å²) in [6.07, 6.45) is 3.88. The van der Waals surface area contributed by atoms with Gasteiger partial charge in [-0.3, -0.25) is 9.89 Å². The van der Waals surface area contributed by atoms with Crippen LogP contribution in [0.2, 0.25) is 0 Å². The van der Waals surface area contributed by atoms with Gasteiger partial charge < -0.3 is 0 Å². The number of H-pyrrole nitrogens is 1. The number of nitrogens with zero attached hydrogens (tertiary/aromatic N) is 2. The Morgan fingerprint density at radius 3 is 2.79 bits per heavy atom. The van der Waals surface area contributed by atoms with Crippen LogP contribution in [0.1, 0.15) is 9.67 Å². The van der Waals surface area contributed by atoms with E-state index in [1.54, 1.807) is 0 Å². The van der Waals surface area contributed by atoms with Crippen LogP contribution in [0.5, 0.6) is 0 Å². The number of carbonyl (C=O) groups is 1. The zero-order chi connectivity index (χ0) is 19.6. The number of pyridine rings is 1. The molecule has 0 radical (unpaired) electrons. The molecule has 0 atom stereocenters. The first-order valence-electron chi connectivity index (χ1n) is 9.38. The molecule has 29 heavy (non-hydrogen) atoms. The highest BCUT2D eigenvalue weighted by Gasteiger charge is 2.15. The van der Waals surface area contributed by atoms with Gasteiger partial charge in [-0.25, -0.2) is 0 Å². The monoisotopic (exact) mass is 396 g/mol. The van der Waals surface area contributed by atoms with E-state index in [1.165, 1.54) is 22.1 Å². The summed E-state index contributed by atoms with van der Waals surface area (Å²) in [4.78, 5) is 13.2. The number of ketones is 1. The number of aromatic nitrogens is 3. The van der Waals surface area contributed by atoms with Crippen LogP contribution in [0.25, 0.3) is 33.3 Å². The first-order chi connectivity index (χ1) is 14.3. The van der Waals surface area contributed by atoms with Crippen molar-refractivity contribution in [2.75, 3.05) is 0 Å². The Bertz CT molecular complexity index is 1300. The number of hydrogen-bond acceptors (Lipinski definition) is 3. The summed E-state index contributed by atoms with van der Waals surface area (Å²) >= 11 is 1.47. The fraction of sp³-hybridized carbons (Fsp3) is 0.0417. The van der Waals surface area contributed by atoms with Gasteiger partial charge in [0.2, 0.25) is 12.3 Å². The third-order valence-corrected chi connectivity index (χ3v) is 5.84. The van der Waals surface area contributed by atoms with Gasteiger partial charge in [-0.2, -0.15) is 9.67 Å². The maximum absolute atomic E-state index is 12.4. The third kappa shape index (κ3) is 3.48. The zero-order valence-corrected chi connectivity index (χ0v) is 16.4. The number of benzene rings is 2. The van der Waals surface area contributed by atoms with Gasteiger partial charge in [0.1, 0.15) is 0 Å². The Labute approximate surface area is 172 Å². The molecule has 2 aromatic carbocycles. The van der Waals surface area contributed by atoms with Crippen LogP contribution >= 0.6 is 11.3 Å². The maximum atomic E-state index is 12.4. The molecular formula is C24H18N3OS+. The average molecular weight is 396 g/mol. The van der Waals surface area contributed by atoms with Crippen molar-refractivity contribution in [3.63, 3.8) is 0 Å². The molecule has 0 aliphatic heterocycles. The molecule has 0 fully saturated rings. The van der Waals surface area contributed by atoms with Gasteiger partial charge in [0.05, 0.1) is 21.8 Å². The molecule has 0 spiro atoms. The molecule has 3 heterocycles. The predicted octanol–water partition coefficient (Wildman–Crippen LogP) is 5.13. The number of Topliss-reactive ketones (excluding diaryl/α,β-unsaturated/α-hetero) is 1. The van der Waals surface area contributed by atoms with Crippen LogP contribution in [0.3, 0.4) is 0 Å². The SMILES string of the molecule is O=C(C[n+]1cccc(-c2cc(-c3cccc4ccccc34)[nH]n2)c1)c1cccs1. The molecular weight excluding hydrogens is 378 g/mol. The summed E-state index contributed by atoms with van der Waals surface area (Å²) < 4.78 is 1.91. The lowest BCUT2D eigenvalue weighted by Crippen LogP contribution is -2.37. The summed E-state index contributed by atoms with van der Waals surface area (Å²) in [5.74, 6) is 0.112. The molecule has 5 heteroatoms. The molecule has 0 amide bonds. The van der Waals surface area contributed by atoms with E-state index in [0.29, 0.717) is 6.54 Å². The molecule has 3 aromatic heterocycles. The van der Waals surface area contributed by atoms with Gasteiger partial charge in [-0.05, 0) is 34.4 Å². The second-order valence-corrected chi connectivity index (χ2v) is 7.81. The summed E-state index contributed by atoms with van der Waals surface area (Å²) in [7, 11) is 0. The van der Waals surface area contributed by atoms with Crippen LogP contribution in [0, 0.1) is 0 Å². The maximum Gasteiger partial charge on any atom is 0.237 e. The van der Waals surface area contributed by atoms with Crippen molar-refractivity contribution >= 4 is 27.9 Å². The number of nitrogens with one attached hydrogen (secondary N) is 1. The molecule has 5 rings (SSSR count). The first kappa shape index (κ1) is 17.5. The lowest BCUT2D eigenvalue weighted by Gasteiger charge is -2.03. The fourth-order valence-corrected chi connectivity index (χ4v) is 4.18. The van der Waals surface area contributed by atoms with Crippen LogP contribution in [0.4, 0.5) is 0 Å². The van der Waals surface area contributed by atoms with Gasteiger partial charge in [-0.15, -0.1) is 11.3 Å². The predicted molar refractivity (Wildman–Crippen MR) is 116 cm³/mol. The number of rotatable bonds is 5. The summed E-state index contributed by atoms with van der Waals surface area (Å²) in [5.41, 5.74) is 3.92. The highest BCUT2D eigenvalue weighted by molar-refractivity contribution is 7.12. The third-order valence-electron chi connectivity index (χ3n) is 4.93. The Morgan fingerprint density at radius 1 is 1.00 bits per heavy atom. The Kier molecular flexibility index (Phi) is 4.50. The minimum Gasteiger partial charge on any atom is -0.286 e. The number of aromatic amines is 1. The quantitative estimate of drug-likeness (QED) is 0.331. The van der Waals surface area contributed by atoms with Crippen LogP contribution in [-0.2, 0) is 6.54 Å². The van der Waals surface area contributed by atoms with Crippen molar-refractivity contribution in [1.29, 1.82) is 0 Å². The van der Waals surface area contributed by atoms with Gasteiger partial charge in [-0.1, -0.05) is 48.5 Å². The van der Waals surface area contributed by atoms with Gasteiger partial charge >= 0.3 is 0 Å². The Balaban J connectivity index is 1.45. The van der Waals surface area contributed by atoms with Crippen LogP contribution in [0.15, 0.2) is 90.6 Å².